The first kappa shape index (κ1) is 19.6. The maximum atomic E-state index is 5.18. The van der Waals surface area contributed by atoms with Crippen molar-refractivity contribution in [2.45, 2.75) is 0 Å². The van der Waals surface area contributed by atoms with E-state index in [1.165, 1.54) is 10.8 Å². The summed E-state index contributed by atoms with van der Waals surface area (Å²) in [5.74, 6) is 0. The molecule has 0 fully saturated rings. The summed E-state index contributed by atoms with van der Waals surface area (Å²) in [6.45, 7) is 0. The van der Waals surface area contributed by atoms with Crippen LogP contribution in [-0.4, -0.2) is 19.7 Å². The number of nitrogens with zero attached hydrogens (tertiary/aromatic N) is 4. The predicted molar refractivity (Wildman–Crippen MR) is 143 cm³/mol. The lowest BCUT2D eigenvalue weighted by Crippen LogP contribution is -1.98. The average Bonchev–Trinajstić information content (AvgIpc) is 3.31. The molecule has 0 radical (unpaired) electrons. The van der Waals surface area contributed by atoms with Gasteiger partial charge in [0.2, 0.25) is 0 Å². The molecule has 0 N–H and O–H groups in total. The molecular weight excluding hydrogens is 428 g/mol. The van der Waals surface area contributed by atoms with E-state index in [9.17, 15) is 0 Å². The highest BCUT2D eigenvalue weighted by molar-refractivity contribution is 6.14. The molecule has 3 heterocycles. The Hall–Kier alpha value is -4.83. The van der Waals surface area contributed by atoms with E-state index in [4.69, 9.17) is 10.1 Å². The smallest absolute Gasteiger partial charge is 0.164 e. The maximum absolute atomic E-state index is 5.18. The summed E-state index contributed by atoms with van der Waals surface area (Å²) in [4.78, 5) is 9.56. The van der Waals surface area contributed by atoms with Crippen LogP contribution < -0.4 is 0 Å². The summed E-state index contributed by atoms with van der Waals surface area (Å²) >= 11 is 0. The van der Waals surface area contributed by atoms with Crippen molar-refractivity contribution in [2.24, 2.45) is 0 Å². The van der Waals surface area contributed by atoms with Gasteiger partial charge in [0.15, 0.2) is 5.65 Å². The number of rotatable bonds is 3. The largest absolute Gasteiger partial charge is 0.264 e. The molecule has 0 saturated carbocycles. The average molecular weight is 449 g/mol. The number of aromatic nitrogens is 4. The number of hydrogen-bond donors (Lipinski definition) is 0. The molecule has 0 aliphatic carbocycles. The summed E-state index contributed by atoms with van der Waals surface area (Å²) in [7, 11) is 0. The Bertz CT molecular complexity index is 1840. The van der Waals surface area contributed by atoms with Gasteiger partial charge in [0, 0.05) is 34.5 Å². The van der Waals surface area contributed by atoms with Gasteiger partial charge >= 0.3 is 0 Å². The maximum Gasteiger partial charge on any atom is 0.164 e. The Kier molecular flexibility index (Phi) is 4.42. The van der Waals surface area contributed by atoms with Crippen LogP contribution in [0.15, 0.2) is 122 Å². The zero-order valence-electron chi connectivity index (χ0n) is 18.8. The molecule has 0 bridgehead atoms. The van der Waals surface area contributed by atoms with Crippen LogP contribution in [0.2, 0.25) is 0 Å². The first-order valence-corrected chi connectivity index (χ1v) is 11.6. The fourth-order valence-corrected chi connectivity index (χ4v) is 4.87. The third kappa shape index (κ3) is 3.19. The number of hydrogen-bond acceptors (Lipinski definition) is 3. The Labute approximate surface area is 202 Å². The van der Waals surface area contributed by atoms with Crippen molar-refractivity contribution < 1.29 is 0 Å². The highest BCUT2D eigenvalue weighted by Gasteiger charge is 2.22. The predicted octanol–water partition coefficient (Wildman–Crippen LogP) is 7.46. The summed E-state index contributed by atoms with van der Waals surface area (Å²) in [5.41, 5.74) is 6.86. The van der Waals surface area contributed by atoms with E-state index >= 15 is 0 Å². The van der Waals surface area contributed by atoms with E-state index in [1.54, 1.807) is 0 Å². The van der Waals surface area contributed by atoms with Crippen LogP contribution in [0.5, 0.6) is 0 Å². The third-order valence-electron chi connectivity index (χ3n) is 6.48. The standard InChI is InChI=1S/C31H20N4/c1-2-12-25(13-3-1)35-31-29(30(34-35)23-17-16-21-9-4-5-10-22(21)19-23)28(24-11-8-18-32-20-24)26-14-6-7-15-27(26)33-31/h1-20H. The Morgan fingerprint density at radius 2 is 1.43 bits per heavy atom. The second-order valence-electron chi connectivity index (χ2n) is 8.60. The van der Waals surface area contributed by atoms with Crippen LogP contribution in [0.3, 0.4) is 0 Å². The van der Waals surface area contributed by atoms with Crippen molar-refractivity contribution in [1.82, 2.24) is 19.7 Å². The highest BCUT2D eigenvalue weighted by Crippen LogP contribution is 2.41. The molecule has 0 aliphatic rings. The fraction of sp³-hybridized carbons (Fsp3) is 0. The summed E-state index contributed by atoms with van der Waals surface area (Å²) in [5, 5.41) is 9.68. The minimum atomic E-state index is 0.830. The van der Waals surface area contributed by atoms with Crippen molar-refractivity contribution in [1.29, 1.82) is 0 Å². The van der Waals surface area contributed by atoms with Gasteiger partial charge in [-0.15, -0.1) is 0 Å². The summed E-state index contributed by atoms with van der Waals surface area (Å²) < 4.78 is 1.96. The van der Waals surface area contributed by atoms with Gasteiger partial charge in [-0.05, 0) is 41.1 Å². The van der Waals surface area contributed by atoms with Gasteiger partial charge in [-0.2, -0.15) is 5.10 Å². The van der Waals surface area contributed by atoms with Gasteiger partial charge in [0.05, 0.1) is 16.6 Å². The van der Waals surface area contributed by atoms with Gasteiger partial charge in [-0.1, -0.05) is 78.9 Å². The quantitative estimate of drug-likeness (QED) is 0.282. The molecule has 0 unspecified atom stereocenters. The molecule has 3 aromatic heterocycles. The van der Waals surface area contributed by atoms with E-state index in [1.807, 2.05) is 47.4 Å². The van der Waals surface area contributed by atoms with Crippen LogP contribution in [0, 0.1) is 0 Å². The van der Waals surface area contributed by atoms with E-state index < -0.39 is 0 Å². The Balaban J connectivity index is 1.66. The van der Waals surface area contributed by atoms with Crippen LogP contribution in [0.1, 0.15) is 0 Å². The van der Waals surface area contributed by atoms with Crippen LogP contribution in [-0.2, 0) is 0 Å². The van der Waals surface area contributed by atoms with E-state index in [-0.39, 0.29) is 0 Å². The molecule has 0 aliphatic heterocycles. The number of pyridine rings is 2. The van der Waals surface area contributed by atoms with Crippen LogP contribution in [0.4, 0.5) is 0 Å². The highest BCUT2D eigenvalue weighted by atomic mass is 15.3. The summed E-state index contributed by atoms with van der Waals surface area (Å²) in [6.07, 6.45) is 3.73. The van der Waals surface area contributed by atoms with E-state index in [2.05, 4.69) is 83.8 Å². The molecular formula is C31H20N4. The molecule has 4 heteroatoms. The molecule has 0 spiro atoms. The zero-order valence-corrected chi connectivity index (χ0v) is 18.8. The van der Waals surface area contributed by atoms with Crippen molar-refractivity contribution in [3.05, 3.63) is 122 Å². The molecule has 0 atom stereocenters. The lowest BCUT2D eigenvalue weighted by atomic mass is 9.95. The summed E-state index contributed by atoms with van der Waals surface area (Å²) in [6, 6.07) is 37.5. The van der Waals surface area contributed by atoms with Gasteiger partial charge in [-0.3, -0.25) is 4.98 Å². The second-order valence-corrected chi connectivity index (χ2v) is 8.60. The first-order chi connectivity index (χ1) is 17.4. The minimum absolute atomic E-state index is 0.830. The van der Waals surface area contributed by atoms with Crippen LogP contribution in [0.25, 0.3) is 60.8 Å². The number of fused-ring (bicyclic) bond motifs is 3. The molecule has 164 valence electrons. The van der Waals surface area contributed by atoms with E-state index in [0.29, 0.717) is 0 Å². The van der Waals surface area contributed by atoms with Gasteiger partial charge in [0.1, 0.15) is 5.69 Å². The van der Waals surface area contributed by atoms with Crippen molar-refractivity contribution in [2.75, 3.05) is 0 Å². The lowest BCUT2D eigenvalue weighted by Gasteiger charge is -2.10. The van der Waals surface area contributed by atoms with Gasteiger partial charge in [-0.25, -0.2) is 9.67 Å². The Morgan fingerprint density at radius 3 is 2.29 bits per heavy atom. The third-order valence-corrected chi connectivity index (χ3v) is 6.48. The molecule has 7 rings (SSSR count). The minimum Gasteiger partial charge on any atom is -0.264 e. The number of para-hydroxylation sites is 2. The Morgan fingerprint density at radius 1 is 0.629 bits per heavy atom. The monoisotopic (exact) mass is 448 g/mol. The molecule has 0 amide bonds. The van der Waals surface area contributed by atoms with Crippen molar-refractivity contribution in [3.8, 4) is 28.1 Å². The zero-order chi connectivity index (χ0) is 23.2. The first-order valence-electron chi connectivity index (χ1n) is 11.6. The molecule has 35 heavy (non-hydrogen) atoms. The van der Waals surface area contributed by atoms with Gasteiger partial charge < -0.3 is 0 Å². The fourth-order valence-electron chi connectivity index (χ4n) is 4.87. The molecule has 4 nitrogen and oxygen atoms in total. The van der Waals surface area contributed by atoms with Gasteiger partial charge in [0.25, 0.3) is 0 Å². The molecule has 7 aromatic rings. The molecule has 0 saturated heterocycles. The topological polar surface area (TPSA) is 43.6 Å². The second kappa shape index (κ2) is 7.89. The number of benzene rings is 4. The SMILES string of the molecule is c1ccc(-n2nc(-c3ccc4ccccc4c3)c3c(-c4cccnc4)c4ccccc4nc32)cc1. The normalized spacial score (nSPS) is 11.4. The molecule has 4 aromatic carbocycles. The lowest BCUT2D eigenvalue weighted by molar-refractivity contribution is 0.903. The van der Waals surface area contributed by atoms with Crippen LogP contribution >= 0.6 is 0 Å². The van der Waals surface area contributed by atoms with Crippen molar-refractivity contribution in [3.63, 3.8) is 0 Å². The van der Waals surface area contributed by atoms with E-state index in [0.717, 1.165) is 50.0 Å². The van der Waals surface area contributed by atoms with Crippen molar-refractivity contribution >= 4 is 32.7 Å².